The van der Waals surface area contributed by atoms with Crippen LogP contribution in [0.15, 0.2) is 6.58 Å². The molecule has 0 aromatic rings. The smallest absolute Gasteiger partial charge is 0.0714 e. The molecule has 0 amide bonds. The molecule has 0 aromatic heterocycles. The number of rotatable bonds is 3. The van der Waals surface area contributed by atoms with Gasteiger partial charge < -0.3 is 4.74 Å². The fourth-order valence-corrected chi connectivity index (χ4v) is 0.174. The zero-order valence-electron chi connectivity index (χ0n) is 4.03. The molecule has 6 heavy (non-hydrogen) atoms. The maximum atomic E-state index is 4.81. The zero-order chi connectivity index (χ0) is 4.83. The lowest BCUT2D eigenvalue weighted by atomic mass is 10.7. The Kier molecular flexibility index (Phi) is 4.46. The molecule has 0 aliphatic heterocycles. The van der Waals surface area contributed by atoms with Crippen molar-refractivity contribution < 1.29 is 4.74 Å². The van der Waals surface area contributed by atoms with Gasteiger partial charge in [-0.15, -0.1) is 0 Å². The lowest BCUT2D eigenvalue weighted by Crippen LogP contribution is -1.86. The predicted molar refractivity (Wildman–Crippen MR) is 25.4 cm³/mol. The van der Waals surface area contributed by atoms with E-state index in [2.05, 4.69) is 12.7 Å². The highest BCUT2D eigenvalue weighted by molar-refractivity contribution is 4.49. The van der Waals surface area contributed by atoms with Crippen LogP contribution in [0.5, 0.6) is 0 Å². The standard InChI is InChI=1S/C5H9O/c1-3-5-6-4-2/h1,4-5H2,2H3. The molecule has 1 nitrogen and oxygen atoms in total. The normalized spacial score (nSPS) is 8.17. The van der Waals surface area contributed by atoms with E-state index in [-0.39, 0.29) is 0 Å². The molecule has 0 aromatic carbocycles. The van der Waals surface area contributed by atoms with Crippen LogP contribution in [0.4, 0.5) is 0 Å². The van der Waals surface area contributed by atoms with E-state index in [0.29, 0.717) is 6.61 Å². The van der Waals surface area contributed by atoms with E-state index >= 15 is 0 Å². The summed E-state index contributed by atoms with van der Waals surface area (Å²) in [5.74, 6) is 0. The average molecular weight is 85.1 g/mol. The molecule has 35 valence electrons. The van der Waals surface area contributed by atoms with Crippen LogP contribution in [-0.2, 0) is 4.74 Å². The Bertz CT molecular complexity index is 32.9. The van der Waals surface area contributed by atoms with Gasteiger partial charge in [-0.3, -0.25) is 0 Å². The van der Waals surface area contributed by atoms with Crippen molar-refractivity contribution in [3.63, 3.8) is 0 Å². The van der Waals surface area contributed by atoms with E-state index in [1.807, 2.05) is 6.92 Å². The van der Waals surface area contributed by atoms with Crippen LogP contribution in [0.2, 0.25) is 0 Å². The van der Waals surface area contributed by atoms with E-state index in [0.717, 1.165) is 6.61 Å². The van der Waals surface area contributed by atoms with Gasteiger partial charge in [0.05, 0.1) is 6.61 Å². The van der Waals surface area contributed by atoms with Gasteiger partial charge in [0.1, 0.15) is 0 Å². The van der Waals surface area contributed by atoms with Crippen LogP contribution in [0.1, 0.15) is 6.92 Å². The fourth-order valence-electron chi connectivity index (χ4n) is 0.174. The van der Waals surface area contributed by atoms with Crippen molar-refractivity contribution in [3.8, 4) is 0 Å². The Morgan fingerprint density at radius 2 is 2.50 bits per heavy atom. The Hall–Kier alpha value is -0.300. The maximum Gasteiger partial charge on any atom is 0.0714 e. The first-order chi connectivity index (χ1) is 2.91. The Morgan fingerprint density at radius 1 is 1.83 bits per heavy atom. The third-order valence-electron chi connectivity index (χ3n) is 0.408. The molecule has 0 rings (SSSR count). The zero-order valence-corrected chi connectivity index (χ0v) is 4.03. The van der Waals surface area contributed by atoms with Crippen molar-refractivity contribution in [2.75, 3.05) is 13.2 Å². The summed E-state index contributed by atoms with van der Waals surface area (Å²) in [7, 11) is 0. The SMILES string of the molecule is C=[C]COCC. The fraction of sp³-hybridized carbons (Fsp3) is 0.600. The highest BCUT2D eigenvalue weighted by atomic mass is 16.5. The summed E-state index contributed by atoms with van der Waals surface area (Å²) < 4.78 is 4.81. The first-order valence-electron chi connectivity index (χ1n) is 1.99. The summed E-state index contributed by atoms with van der Waals surface area (Å²) in [5, 5.41) is 0. The minimum Gasteiger partial charge on any atom is -0.377 e. The molecule has 0 saturated heterocycles. The van der Waals surface area contributed by atoms with E-state index in [1.54, 1.807) is 0 Å². The molecule has 0 N–H and O–H groups in total. The van der Waals surface area contributed by atoms with Crippen molar-refractivity contribution >= 4 is 0 Å². The van der Waals surface area contributed by atoms with Crippen LogP contribution in [0.25, 0.3) is 0 Å². The van der Waals surface area contributed by atoms with Gasteiger partial charge in [0.25, 0.3) is 0 Å². The first kappa shape index (κ1) is 5.70. The molecular formula is C5H9O. The molecule has 0 heterocycles. The molecule has 0 fully saturated rings. The molecule has 1 radical (unpaired) electrons. The molecule has 0 atom stereocenters. The largest absolute Gasteiger partial charge is 0.377 e. The van der Waals surface area contributed by atoms with Crippen LogP contribution in [-0.4, -0.2) is 13.2 Å². The van der Waals surface area contributed by atoms with Crippen LogP contribution in [0.3, 0.4) is 0 Å². The van der Waals surface area contributed by atoms with Crippen molar-refractivity contribution in [2.24, 2.45) is 0 Å². The maximum absolute atomic E-state index is 4.81. The van der Waals surface area contributed by atoms with Gasteiger partial charge >= 0.3 is 0 Å². The van der Waals surface area contributed by atoms with E-state index in [1.165, 1.54) is 0 Å². The molecule has 0 aliphatic rings. The van der Waals surface area contributed by atoms with Crippen molar-refractivity contribution in [3.05, 3.63) is 12.7 Å². The second kappa shape index (κ2) is 4.70. The predicted octanol–water partition coefficient (Wildman–Crippen LogP) is 1.01. The molecule has 0 aliphatic carbocycles. The summed E-state index contributed by atoms with van der Waals surface area (Å²) in [4.78, 5) is 0. The third-order valence-corrected chi connectivity index (χ3v) is 0.408. The third kappa shape index (κ3) is 3.70. The van der Waals surface area contributed by atoms with Gasteiger partial charge in [0.2, 0.25) is 0 Å². The monoisotopic (exact) mass is 85.1 g/mol. The number of hydrogen-bond donors (Lipinski definition) is 0. The summed E-state index contributed by atoms with van der Waals surface area (Å²) >= 11 is 0. The van der Waals surface area contributed by atoms with Gasteiger partial charge in [-0.2, -0.15) is 0 Å². The van der Waals surface area contributed by atoms with E-state index in [4.69, 9.17) is 4.74 Å². The molecular weight excluding hydrogens is 76.1 g/mol. The lowest BCUT2D eigenvalue weighted by molar-refractivity contribution is 0.174. The molecule has 0 saturated carbocycles. The number of ether oxygens (including phenoxy) is 1. The van der Waals surface area contributed by atoms with Gasteiger partial charge in [-0.25, -0.2) is 0 Å². The average Bonchev–Trinajstić information content (AvgIpc) is 1.61. The van der Waals surface area contributed by atoms with Crippen LogP contribution in [0, 0.1) is 6.08 Å². The summed E-state index contributed by atoms with van der Waals surface area (Å²) in [6.45, 7) is 6.59. The summed E-state index contributed by atoms with van der Waals surface area (Å²) in [6.07, 6.45) is 2.60. The topological polar surface area (TPSA) is 9.23 Å². The number of hydrogen-bond acceptors (Lipinski definition) is 1. The Labute approximate surface area is 38.6 Å². The molecule has 0 bridgehead atoms. The van der Waals surface area contributed by atoms with Crippen molar-refractivity contribution in [2.45, 2.75) is 6.92 Å². The summed E-state index contributed by atoms with van der Waals surface area (Å²) in [5.41, 5.74) is 0. The van der Waals surface area contributed by atoms with Crippen LogP contribution < -0.4 is 0 Å². The van der Waals surface area contributed by atoms with Crippen molar-refractivity contribution in [1.82, 2.24) is 0 Å². The first-order valence-corrected chi connectivity index (χ1v) is 1.99. The van der Waals surface area contributed by atoms with E-state index in [9.17, 15) is 0 Å². The minimum absolute atomic E-state index is 0.552. The minimum atomic E-state index is 0.552. The van der Waals surface area contributed by atoms with Crippen molar-refractivity contribution in [1.29, 1.82) is 0 Å². The van der Waals surface area contributed by atoms with Gasteiger partial charge in [0.15, 0.2) is 0 Å². The highest BCUT2D eigenvalue weighted by Crippen LogP contribution is 1.68. The Balaban J connectivity index is 2.49. The highest BCUT2D eigenvalue weighted by Gasteiger charge is 1.68. The second-order valence-corrected chi connectivity index (χ2v) is 0.887. The van der Waals surface area contributed by atoms with Crippen LogP contribution >= 0.6 is 0 Å². The quantitative estimate of drug-likeness (QED) is 0.465. The van der Waals surface area contributed by atoms with Gasteiger partial charge in [-0.05, 0) is 13.0 Å². The Morgan fingerprint density at radius 3 is 2.67 bits per heavy atom. The molecule has 0 spiro atoms. The summed E-state index contributed by atoms with van der Waals surface area (Å²) in [6, 6.07) is 0. The van der Waals surface area contributed by atoms with Gasteiger partial charge in [0, 0.05) is 6.61 Å². The molecule has 1 heteroatoms. The lowest BCUT2D eigenvalue weighted by Gasteiger charge is -1.87. The molecule has 0 unspecified atom stereocenters. The van der Waals surface area contributed by atoms with Gasteiger partial charge in [-0.1, -0.05) is 6.58 Å². The second-order valence-electron chi connectivity index (χ2n) is 0.887. The van der Waals surface area contributed by atoms with E-state index < -0.39 is 0 Å².